The SMILES string of the molecule is CCCC1(C(=O)Cl)CC(C)(C)OC1=O. The number of hydrogen-bond acceptors (Lipinski definition) is 3. The van der Waals surface area contributed by atoms with Gasteiger partial charge in [-0.05, 0) is 31.9 Å². The van der Waals surface area contributed by atoms with E-state index in [-0.39, 0.29) is 0 Å². The van der Waals surface area contributed by atoms with Crippen molar-refractivity contribution in [3.05, 3.63) is 0 Å². The molecule has 0 amide bonds. The summed E-state index contributed by atoms with van der Waals surface area (Å²) >= 11 is 5.50. The molecule has 1 fully saturated rings. The van der Waals surface area contributed by atoms with E-state index in [1.807, 2.05) is 6.92 Å². The van der Waals surface area contributed by atoms with Crippen LogP contribution >= 0.6 is 11.6 Å². The van der Waals surface area contributed by atoms with E-state index < -0.39 is 22.2 Å². The molecule has 0 radical (unpaired) electrons. The third-order valence-corrected chi connectivity index (χ3v) is 2.90. The van der Waals surface area contributed by atoms with E-state index in [0.717, 1.165) is 6.42 Å². The van der Waals surface area contributed by atoms with Crippen LogP contribution in [0.3, 0.4) is 0 Å². The van der Waals surface area contributed by atoms with E-state index in [2.05, 4.69) is 0 Å². The van der Waals surface area contributed by atoms with Crippen LogP contribution in [-0.2, 0) is 14.3 Å². The molecule has 0 aromatic carbocycles. The average molecular weight is 219 g/mol. The van der Waals surface area contributed by atoms with Crippen LogP contribution in [0.2, 0.25) is 0 Å². The van der Waals surface area contributed by atoms with E-state index in [1.54, 1.807) is 13.8 Å². The maximum Gasteiger partial charge on any atom is 0.321 e. The van der Waals surface area contributed by atoms with E-state index in [1.165, 1.54) is 0 Å². The predicted octanol–water partition coefficient (Wildman–Crippen LogP) is 2.26. The zero-order valence-corrected chi connectivity index (χ0v) is 9.48. The molecule has 1 aliphatic rings. The fraction of sp³-hybridized carbons (Fsp3) is 0.800. The summed E-state index contributed by atoms with van der Waals surface area (Å²) in [4.78, 5) is 22.9. The minimum absolute atomic E-state index is 0.384. The summed E-state index contributed by atoms with van der Waals surface area (Å²) in [5.74, 6) is -0.468. The van der Waals surface area contributed by atoms with Crippen molar-refractivity contribution >= 4 is 22.8 Å². The fourth-order valence-electron chi connectivity index (χ4n) is 2.05. The first kappa shape index (κ1) is 11.5. The van der Waals surface area contributed by atoms with Crippen LogP contribution in [0.4, 0.5) is 0 Å². The van der Waals surface area contributed by atoms with Crippen LogP contribution in [0.1, 0.15) is 40.0 Å². The maximum atomic E-state index is 11.6. The molecule has 80 valence electrons. The monoisotopic (exact) mass is 218 g/mol. The molecule has 1 unspecified atom stereocenters. The van der Waals surface area contributed by atoms with Gasteiger partial charge in [-0.25, -0.2) is 0 Å². The highest BCUT2D eigenvalue weighted by atomic mass is 35.5. The van der Waals surface area contributed by atoms with Gasteiger partial charge in [-0.3, -0.25) is 9.59 Å². The van der Waals surface area contributed by atoms with Crippen molar-refractivity contribution in [1.29, 1.82) is 0 Å². The number of cyclic esters (lactones) is 1. The van der Waals surface area contributed by atoms with E-state index in [0.29, 0.717) is 12.8 Å². The third-order valence-electron chi connectivity index (χ3n) is 2.54. The highest BCUT2D eigenvalue weighted by Gasteiger charge is 2.56. The minimum Gasteiger partial charge on any atom is -0.459 e. The van der Waals surface area contributed by atoms with Crippen molar-refractivity contribution in [2.45, 2.75) is 45.6 Å². The Morgan fingerprint density at radius 2 is 2.14 bits per heavy atom. The summed E-state index contributed by atoms with van der Waals surface area (Å²) in [6.07, 6.45) is 1.59. The predicted molar refractivity (Wildman–Crippen MR) is 53.0 cm³/mol. The Balaban J connectivity index is 3.00. The number of carbonyl (C=O) groups excluding carboxylic acids is 2. The molecular weight excluding hydrogens is 204 g/mol. The van der Waals surface area contributed by atoms with Gasteiger partial charge in [-0.15, -0.1) is 0 Å². The zero-order valence-electron chi connectivity index (χ0n) is 8.72. The first-order valence-corrected chi connectivity index (χ1v) is 5.15. The summed E-state index contributed by atoms with van der Waals surface area (Å²) in [7, 11) is 0. The Labute approximate surface area is 88.8 Å². The molecule has 14 heavy (non-hydrogen) atoms. The summed E-state index contributed by atoms with van der Waals surface area (Å²) in [6, 6.07) is 0. The summed E-state index contributed by atoms with van der Waals surface area (Å²) in [5.41, 5.74) is -1.67. The summed E-state index contributed by atoms with van der Waals surface area (Å²) in [5, 5.41) is -0.588. The molecule has 1 aliphatic heterocycles. The van der Waals surface area contributed by atoms with Gasteiger partial charge in [0, 0.05) is 6.42 Å². The normalized spacial score (nSPS) is 30.1. The van der Waals surface area contributed by atoms with Crippen LogP contribution in [0, 0.1) is 5.41 Å². The molecule has 1 heterocycles. The van der Waals surface area contributed by atoms with Crippen LogP contribution < -0.4 is 0 Å². The minimum atomic E-state index is -1.10. The van der Waals surface area contributed by atoms with Gasteiger partial charge in [0.1, 0.15) is 11.0 Å². The van der Waals surface area contributed by atoms with Gasteiger partial charge in [0.25, 0.3) is 0 Å². The third kappa shape index (κ3) is 1.78. The molecule has 1 atom stereocenters. The lowest BCUT2D eigenvalue weighted by atomic mass is 9.79. The van der Waals surface area contributed by atoms with E-state index in [4.69, 9.17) is 16.3 Å². The Hall–Kier alpha value is -0.570. The van der Waals surface area contributed by atoms with Crippen LogP contribution in [0.25, 0.3) is 0 Å². The summed E-state index contributed by atoms with van der Waals surface area (Å²) in [6.45, 7) is 5.50. The second-order valence-corrected chi connectivity index (χ2v) is 4.78. The smallest absolute Gasteiger partial charge is 0.321 e. The van der Waals surface area contributed by atoms with Gasteiger partial charge < -0.3 is 4.74 Å². The highest BCUT2D eigenvalue weighted by Crippen LogP contribution is 2.45. The average Bonchev–Trinajstić information content (AvgIpc) is 2.23. The lowest BCUT2D eigenvalue weighted by Crippen LogP contribution is -2.33. The Kier molecular flexibility index (Phi) is 2.91. The largest absolute Gasteiger partial charge is 0.459 e. The highest BCUT2D eigenvalue weighted by molar-refractivity contribution is 6.66. The molecule has 0 bridgehead atoms. The molecule has 1 rings (SSSR count). The number of ether oxygens (including phenoxy) is 1. The number of rotatable bonds is 3. The van der Waals surface area contributed by atoms with Crippen LogP contribution in [0.15, 0.2) is 0 Å². The molecule has 0 saturated carbocycles. The van der Waals surface area contributed by atoms with Crippen molar-refractivity contribution in [1.82, 2.24) is 0 Å². The first-order chi connectivity index (χ1) is 6.34. The van der Waals surface area contributed by atoms with Crippen molar-refractivity contribution in [2.75, 3.05) is 0 Å². The summed E-state index contributed by atoms with van der Waals surface area (Å²) < 4.78 is 5.13. The molecular formula is C10H15ClO3. The maximum absolute atomic E-state index is 11.6. The van der Waals surface area contributed by atoms with Gasteiger partial charge in [0.05, 0.1) is 0 Å². The molecule has 0 aromatic rings. The van der Waals surface area contributed by atoms with Gasteiger partial charge in [0.15, 0.2) is 0 Å². The standard InChI is InChI=1S/C10H15ClO3/c1-4-5-10(7(11)12)6-9(2,3)14-8(10)13/h4-6H2,1-3H3. The molecule has 0 aromatic heterocycles. The Morgan fingerprint density at radius 1 is 1.57 bits per heavy atom. The second-order valence-electron chi connectivity index (χ2n) is 4.43. The second kappa shape index (κ2) is 3.54. The molecule has 1 saturated heterocycles. The van der Waals surface area contributed by atoms with Crippen molar-refractivity contribution in [2.24, 2.45) is 5.41 Å². The lowest BCUT2D eigenvalue weighted by molar-refractivity contribution is -0.154. The molecule has 3 nitrogen and oxygen atoms in total. The molecule has 0 spiro atoms. The molecule has 0 N–H and O–H groups in total. The number of esters is 1. The van der Waals surface area contributed by atoms with Crippen molar-refractivity contribution in [3.63, 3.8) is 0 Å². The Bertz CT molecular complexity index is 273. The van der Waals surface area contributed by atoms with Gasteiger partial charge >= 0.3 is 5.97 Å². The molecule has 0 aliphatic carbocycles. The topological polar surface area (TPSA) is 43.4 Å². The zero-order chi connectivity index (χ0) is 11.0. The van der Waals surface area contributed by atoms with E-state index >= 15 is 0 Å². The van der Waals surface area contributed by atoms with Crippen molar-refractivity contribution in [3.8, 4) is 0 Å². The van der Waals surface area contributed by atoms with Gasteiger partial charge in [0.2, 0.25) is 5.24 Å². The Morgan fingerprint density at radius 3 is 2.43 bits per heavy atom. The number of carbonyl (C=O) groups is 2. The van der Waals surface area contributed by atoms with Crippen molar-refractivity contribution < 1.29 is 14.3 Å². The van der Waals surface area contributed by atoms with Crippen LogP contribution in [0.5, 0.6) is 0 Å². The fourth-order valence-corrected chi connectivity index (χ4v) is 2.29. The molecule has 4 heteroatoms. The lowest BCUT2D eigenvalue weighted by Gasteiger charge is -2.20. The first-order valence-electron chi connectivity index (χ1n) is 4.77. The number of halogens is 1. The quantitative estimate of drug-likeness (QED) is 0.415. The van der Waals surface area contributed by atoms with Crippen LogP contribution in [-0.4, -0.2) is 16.8 Å². The van der Waals surface area contributed by atoms with Gasteiger partial charge in [-0.2, -0.15) is 0 Å². The van der Waals surface area contributed by atoms with E-state index in [9.17, 15) is 9.59 Å². The number of hydrogen-bond donors (Lipinski definition) is 0. The van der Waals surface area contributed by atoms with Gasteiger partial charge in [-0.1, -0.05) is 13.3 Å².